The lowest BCUT2D eigenvalue weighted by Crippen LogP contribution is -2.05. The Balaban J connectivity index is 2.59. The smallest absolute Gasteiger partial charge is 0.339 e. The molecule has 7 heteroatoms. The van der Waals surface area contributed by atoms with Crippen LogP contribution >= 0.6 is 0 Å². The number of hydrogen-bond donors (Lipinski definition) is 3. The number of anilines is 1. The van der Waals surface area contributed by atoms with E-state index in [1.807, 2.05) is 0 Å². The zero-order valence-electron chi connectivity index (χ0n) is 10.0. The summed E-state index contributed by atoms with van der Waals surface area (Å²) in [5.41, 5.74) is 5.41. The van der Waals surface area contributed by atoms with Gasteiger partial charge >= 0.3 is 11.9 Å². The van der Waals surface area contributed by atoms with Gasteiger partial charge in [0.25, 0.3) is 0 Å². The quantitative estimate of drug-likeness (QED) is 0.788. The molecule has 0 aliphatic heterocycles. The normalized spacial score (nSPS) is 10.2. The van der Waals surface area contributed by atoms with Gasteiger partial charge in [0, 0.05) is 11.8 Å². The van der Waals surface area contributed by atoms with Gasteiger partial charge in [-0.15, -0.1) is 0 Å². The zero-order valence-corrected chi connectivity index (χ0v) is 10.0. The molecule has 0 aliphatic rings. The zero-order chi connectivity index (χ0) is 14.9. The number of pyridine rings is 1. The van der Waals surface area contributed by atoms with E-state index in [0.717, 1.165) is 12.1 Å². The van der Waals surface area contributed by atoms with Gasteiger partial charge in [0.05, 0.1) is 5.56 Å². The number of nitrogen functional groups attached to an aromatic ring is 1. The highest BCUT2D eigenvalue weighted by molar-refractivity contribution is 5.94. The molecule has 0 atom stereocenters. The number of benzene rings is 1. The van der Waals surface area contributed by atoms with E-state index >= 15 is 0 Å². The Morgan fingerprint density at radius 3 is 2.35 bits per heavy atom. The number of rotatable bonds is 3. The Kier molecular flexibility index (Phi) is 3.34. The summed E-state index contributed by atoms with van der Waals surface area (Å²) in [4.78, 5) is 25.5. The highest BCUT2D eigenvalue weighted by Gasteiger charge is 2.13. The molecule has 4 N–H and O–H groups in total. The summed E-state index contributed by atoms with van der Waals surface area (Å²) in [6, 6.07) is 4.40. The molecule has 0 amide bonds. The number of aromatic carboxylic acids is 2. The average molecular weight is 276 g/mol. The third kappa shape index (κ3) is 2.56. The average Bonchev–Trinajstić information content (AvgIpc) is 2.38. The minimum atomic E-state index is -1.28. The van der Waals surface area contributed by atoms with Crippen molar-refractivity contribution in [3.8, 4) is 11.1 Å². The molecule has 20 heavy (non-hydrogen) atoms. The monoisotopic (exact) mass is 276 g/mol. The second-order valence-electron chi connectivity index (χ2n) is 4.00. The highest BCUT2D eigenvalue weighted by Crippen LogP contribution is 2.24. The molecule has 0 bridgehead atoms. The lowest BCUT2D eigenvalue weighted by atomic mass is 10.0. The fraction of sp³-hybridized carbons (Fsp3) is 0. The van der Waals surface area contributed by atoms with Gasteiger partial charge in [-0.05, 0) is 29.8 Å². The molecule has 0 spiro atoms. The van der Waals surface area contributed by atoms with E-state index in [9.17, 15) is 14.0 Å². The molecule has 0 fully saturated rings. The summed E-state index contributed by atoms with van der Waals surface area (Å²) in [6.07, 6.45) is 1.25. The SMILES string of the molecule is Nc1ncc(-c2cc(F)cc(C(=O)O)c2)cc1C(=O)O. The number of halogens is 1. The molecule has 0 saturated heterocycles. The van der Waals surface area contributed by atoms with Gasteiger partial charge in [-0.1, -0.05) is 0 Å². The second kappa shape index (κ2) is 4.96. The summed E-state index contributed by atoms with van der Waals surface area (Å²) < 4.78 is 13.4. The Morgan fingerprint density at radius 1 is 1.05 bits per heavy atom. The molecule has 1 aromatic carbocycles. The van der Waals surface area contributed by atoms with Crippen LogP contribution in [0.4, 0.5) is 10.2 Å². The van der Waals surface area contributed by atoms with Crippen LogP contribution in [-0.2, 0) is 0 Å². The fourth-order valence-electron chi connectivity index (χ4n) is 1.68. The van der Waals surface area contributed by atoms with Crippen LogP contribution in [-0.4, -0.2) is 27.1 Å². The maximum atomic E-state index is 13.4. The molecule has 2 aromatic rings. The van der Waals surface area contributed by atoms with Crippen molar-refractivity contribution in [2.24, 2.45) is 0 Å². The van der Waals surface area contributed by atoms with Crippen molar-refractivity contribution >= 4 is 17.8 Å². The molecule has 1 heterocycles. The standard InChI is InChI=1S/C13H9FN2O4/c14-9-2-6(1-7(3-9)12(17)18)8-4-10(13(19)20)11(15)16-5-8/h1-5H,(H2,15,16)(H,17,18)(H,19,20). The minimum absolute atomic E-state index is 0.170. The molecule has 0 saturated carbocycles. The number of carboxylic acids is 2. The molecule has 0 radical (unpaired) electrons. The number of nitrogens with zero attached hydrogens (tertiary/aromatic N) is 1. The lowest BCUT2D eigenvalue weighted by Gasteiger charge is -2.06. The molecule has 2 rings (SSSR count). The Hall–Kier alpha value is -2.96. The molecule has 0 aliphatic carbocycles. The number of aromatic nitrogens is 1. The van der Waals surface area contributed by atoms with E-state index in [4.69, 9.17) is 15.9 Å². The van der Waals surface area contributed by atoms with Gasteiger partial charge in [0.2, 0.25) is 0 Å². The number of nitrogens with two attached hydrogens (primary N) is 1. The van der Waals surface area contributed by atoms with E-state index in [-0.39, 0.29) is 28.1 Å². The Morgan fingerprint density at radius 2 is 1.75 bits per heavy atom. The number of carbonyl (C=O) groups is 2. The van der Waals surface area contributed by atoms with Crippen LogP contribution in [0.2, 0.25) is 0 Å². The first kappa shape index (κ1) is 13.5. The molecule has 102 valence electrons. The van der Waals surface area contributed by atoms with Crippen LogP contribution in [0.15, 0.2) is 30.5 Å². The molecular formula is C13H9FN2O4. The number of hydrogen-bond acceptors (Lipinski definition) is 4. The third-order valence-corrected chi connectivity index (χ3v) is 2.63. The van der Waals surface area contributed by atoms with Gasteiger partial charge in [0.15, 0.2) is 0 Å². The summed E-state index contributed by atoms with van der Waals surface area (Å²) in [6.45, 7) is 0. The van der Waals surface area contributed by atoms with Crippen LogP contribution in [0.3, 0.4) is 0 Å². The van der Waals surface area contributed by atoms with Crippen LogP contribution in [0.1, 0.15) is 20.7 Å². The molecule has 0 unspecified atom stereocenters. The second-order valence-corrected chi connectivity index (χ2v) is 4.00. The van der Waals surface area contributed by atoms with E-state index < -0.39 is 17.8 Å². The predicted octanol–water partition coefficient (Wildman–Crippen LogP) is 1.87. The van der Waals surface area contributed by atoms with E-state index in [2.05, 4.69) is 4.98 Å². The summed E-state index contributed by atoms with van der Waals surface area (Å²) in [7, 11) is 0. The first-order chi connectivity index (χ1) is 9.38. The Bertz CT molecular complexity index is 716. The van der Waals surface area contributed by atoms with E-state index in [0.29, 0.717) is 0 Å². The molecule has 1 aromatic heterocycles. The first-order valence-corrected chi connectivity index (χ1v) is 5.41. The van der Waals surface area contributed by atoms with Crippen molar-refractivity contribution in [2.75, 3.05) is 5.73 Å². The van der Waals surface area contributed by atoms with Crippen molar-refractivity contribution in [1.29, 1.82) is 0 Å². The van der Waals surface area contributed by atoms with Crippen molar-refractivity contribution < 1.29 is 24.2 Å². The van der Waals surface area contributed by atoms with Crippen LogP contribution in [0.5, 0.6) is 0 Å². The number of carboxylic acid groups (broad SMARTS) is 2. The maximum Gasteiger partial charge on any atom is 0.339 e. The highest BCUT2D eigenvalue weighted by atomic mass is 19.1. The van der Waals surface area contributed by atoms with Gasteiger partial charge in [0.1, 0.15) is 17.2 Å². The van der Waals surface area contributed by atoms with Gasteiger partial charge in [-0.25, -0.2) is 19.0 Å². The van der Waals surface area contributed by atoms with Crippen LogP contribution in [0, 0.1) is 5.82 Å². The van der Waals surface area contributed by atoms with Gasteiger partial charge in [-0.2, -0.15) is 0 Å². The van der Waals surface area contributed by atoms with Crippen molar-refractivity contribution in [3.63, 3.8) is 0 Å². The van der Waals surface area contributed by atoms with Gasteiger partial charge in [-0.3, -0.25) is 0 Å². The predicted molar refractivity (Wildman–Crippen MR) is 68.0 cm³/mol. The van der Waals surface area contributed by atoms with Gasteiger partial charge < -0.3 is 15.9 Å². The van der Waals surface area contributed by atoms with E-state index in [1.54, 1.807) is 0 Å². The van der Waals surface area contributed by atoms with Crippen LogP contribution in [0.25, 0.3) is 11.1 Å². The van der Waals surface area contributed by atoms with Crippen molar-refractivity contribution in [3.05, 3.63) is 47.4 Å². The minimum Gasteiger partial charge on any atom is -0.478 e. The van der Waals surface area contributed by atoms with Crippen molar-refractivity contribution in [2.45, 2.75) is 0 Å². The molecular weight excluding hydrogens is 267 g/mol. The maximum absolute atomic E-state index is 13.4. The topological polar surface area (TPSA) is 114 Å². The molecule has 6 nitrogen and oxygen atoms in total. The Labute approximate surface area is 112 Å². The fourth-order valence-corrected chi connectivity index (χ4v) is 1.68. The van der Waals surface area contributed by atoms with Crippen LogP contribution < -0.4 is 5.73 Å². The largest absolute Gasteiger partial charge is 0.478 e. The summed E-state index contributed by atoms with van der Waals surface area (Å²) >= 11 is 0. The summed E-state index contributed by atoms with van der Waals surface area (Å²) in [5, 5.41) is 17.8. The first-order valence-electron chi connectivity index (χ1n) is 5.41. The lowest BCUT2D eigenvalue weighted by molar-refractivity contribution is 0.0686. The summed E-state index contributed by atoms with van der Waals surface area (Å²) in [5.74, 6) is -3.47. The van der Waals surface area contributed by atoms with E-state index in [1.165, 1.54) is 18.3 Å². The third-order valence-electron chi connectivity index (χ3n) is 2.63. The van der Waals surface area contributed by atoms with Crippen molar-refractivity contribution in [1.82, 2.24) is 4.98 Å².